The summed E-state index contributed by atoms with van der Waals surface area (Å²) in [4.78, 5) is 4.02. The molecule has 1 aromatic heterocycles. The van der Waals surface area contributed by atoms with E-state index in [1.807, 2.05) is 0 Å². The maximum atomic E-state index is 5.88. The van der Waals surface area contributed by atoms with Gasteiger partial charge in [0.05, 0.1) is 22.0 Å². The zero-order chi connectivity index (χ0) is 10.8. The van der Waals surface area contributed by atoms with E-state index in [4.69, 9.17) is 5.73 Å². The van der Waals surface area contributed by atoms with Crippen LogP contribution in [0.25, 0.3) is 0 Å². The van der Waals surface area contributed by atoms with Crippen molar-refractivity contribution in [1.29, 1.82) is 0 Å². The Morgan fingerprint density at radius 1 is 1.47 bits per heavy atom. The van der Waals surface area contributed by atoms with E-state index in [2.05, 4.69) is 33.2 Å². The Morgan fingerprint density at radius 3 is 2.87 bits per heavy atom. The van der Waals surface area contributed by atoms with E-state index in [1.54, 1.807) is 12.4 Å². The van der Waals surface area contributed by atoms with Crippen molar-refractivity contribution in [2.24, 2.45) is 5.92 Å². The summed E-state index contributed by atoms with van der Waals surface area (Å²) in [6.45, 7) is 2.30. The molecule has 4 heteroatoms. The number of rotatable bonds is 2. The number of hydrogen-bond acceptors (Lipinski definition) is 3. The van der Waals surface area contributed by atoms with Gasteiger partial charge in [-0.3, -0.25) is 4.98 Å². The molecule has 1 heterocycles. The molecule has 1 aliphatic rings. The maximum Gasteiger partial charge on any atom is 0.0752 e. The topological polar surface area (TPSA) is 50.9 Å². The number of halogens is 1. The minimum Gasteiger partial charge on any atom is -0.396 e. The van der Waals surface area contributed by atoms with Crippen LogP contribution in [-0.4, -0.2) is 11.0 Å². The fourth-order valence-electron chi connectivity index (χ4n) is 2.14. The minimum atomic E-state index is 0.556. The monoisotopic (exact) mass is 269 g/mol. The average molecular weight is 270 g/mol. The van der Waals surface area contributed by atoms with Gasteiger partial charge in [0.2, 0.25) is 0 Å². The smallest absolute Gasteiger partial charge is 0.0752 e. The third-order valence-corrected chi connectivity index (χ3v) is 3.57. The van der Waals surface area contributed by atoms with Gasteiger partial charge in [-0.2, -0.15) is 0 Å². The third kappa shape index (κ3) is 2.43. The zero-order valence-corrected chi connectivity index (χ0v) is 10.4. The summed E-state index contributed by atoms with van der Waals surface area (Å²) in [6, 6.07) is 0.556. The lowest BCUT2D eigenvalue weighted by molar-refractivity contribution is 0.602. The van der Waals surface area contributed by atoms with Crippen LogP contribution in [0, 0.1) is 5.92 Å². The molecular weight excluding hydrogens is 254 g/mol. The van der Waals surface area contributed by atoms with Gasteiger partial charge < -0.3 is 11.1 Å². The van der Waals surface area contributed by atoms with Gasteiger partial charge in [0.15, 0.2) is 0 Å². The molecule has 1 saturated carbocycles. The molecule has 2 atom stereocenters. The van der Waals surface area contributed by atoms with Crippen LogP contribution >= 0.6 is 15.9 Å². The molecule has 82 valence electrons. The van der Waals surface area contributed by atoms with Gasteiger partial charge >= 0.3 is 0 Å². The molecule has 0 aliphatic heterocycles. The molecule has 0 spiro atoms. The number of nitrogens with one attached hydrogen (secondary N) is 1. The van der Waals surface area contributed by atoms with Crippen molar-refractivity contribution in [2.45, 2.75) is 32.2 Å². The molecule has 3 nitrogen and oxygen atoms in total. The summed E-state index contributed by atoms with van der Waals surface area (Å²) in [6.07, 6.45) is 7.23. The highest BCUT2D eigenvalue weighted by molar-refractivity contribution is 9.10. The first-order valence-corrected chi connectivity index (χ1v) is 6.11. The molecule has 2 rings (SSSR count). The lowest BCUT2D eigenvalue weighted by atomic mass is 10.1. The van der Waals surface area contributed by atoms with Crippen LogP contribution in [0.4, 0.5) is 11.4 Å². The second-order valence-corrected chi connectivity index (χ2v) is 5.20. The molecule has 1 aliphatic carbocycles. The quantitative estimate of drug-likeness (QED) is 0.868. The summed E-state index contributed by atoms with van der Waals surface area (Å²) >= 11 is 3.46. The van der Waals surface area contributed by atoms with Crippen LogP contribution in [0.5, 0.6) is 0 Å². The molecule has 1 fully saturated rings. The first kappa shape index (κ1) is 10.7. The normalized spacial score (nSPS) is 25.5. The largest absolute Gasteiger partial charge is 0.396 e. The van der Waals surface area contributed by atoms with Gasteiger partial charge in [-0.15, -0.1) is 0 Å². The van der Waals surface area contributed by atoms with Gasteiger partial charge in [-0.25, -0.2) is 0 Å². The number of nitrogens with two attached hydrogens (primary N) is 1. The fraction of sp³-hybridized carbons (Fsp3) is 0.545. The Balaban J connectivity index is 2.10. The Morgan fingerprint density at radius 2 is 2.27 bits per heavy atom. The Bertz CT molecular complexity index is 333. The fourth-order valence-corrected chi connectivity index (χ4v) is 2.61. The molecule has 15 heavy (non-hydrogen) atoms. The van der Waals surface area contributed by atoms with E-state index in [-0.39, 0.29) is 0 Å². The first-order chi connectivity index (χ1) is 7.16. The highest BCUT2D eigenvalue weighted by Crippen LogP contribution is 2.32. The highest BCUT2D eigenvalue weighted by Gasteiger charge is 2.22. The van der Waals surface area contributed by atoms with Crippen LogP contribution in [-0.2, 0) is 0 Å². The van der Waals surface area contributed by atoms with Crippen LogP contribution in [0.3, 0.4) is 0 Å². The molecule has 0 radical (unpaired) electrons. The predicted molar refractivity (Wildman–Crippen MR) is 66.8 cm³/mol. The van der Waals surface area contributed by atoms with Crippen molar-refractivity contribution in [3.63, 3.8) is 0 Å². The Labute approximate surface area is 98.6 Å². The van der Waals surface area contributed by atoms with Crippen molar-refractivity contribution in [1.82, 2.24) is 4.98 Å². The van der Waals surface area contributed by atoms with E-state index in [9.17, 15) is 0 Å². The van der Waals surface area contributed by atoms with E-state index in [0.717, 1.165) is 16.1 Å². The molecule has 3 N–H and O–H groups in total. The second-order valence-electron chi connectivity index (χ2n) is 4.35. The van der Waals surface area contributed by atoms with Crippen LogP contribution in [0.15, 0.2) is 16.9 Å². The van der Waals surface area contributed by atoms with E-state index in [1.165, 1.54) is 19.3 Å². The molecule has 0 saturated heterocycles. The SMILES string of the molecule is CC1CCC(Nc2c(N)cncc2Br)C1. The molecule has 2 unspecified atom stereocenters. The number of pyridine rings is 1. The third-order valence-electron chi connectivity index (χ3n) is 2.97. The molecule has 0 bridgehead atoms. The highest BCUT2D eigenvalue weighted by atomic mass is 79.9. The van der Waals surface area contributed by atoms with Crippen molar-refractivity contribution < 1.29 is 0 Å². The standard InChI is InChI=1S/C11H16BrN3/c1-7-2-3-8(4-7)15-11-9(12)5-14-6-10(11)13/h5-8H,2-4,13H2,1H3,(H,14,15). The summed E-state index contributed by atoms with van der Waals surface area (Å²) < 4.78 is 0.946. The summed E-state index contributed by atoms with van der Waals surface area (Å²) in [5.41, 5.74) is 7.58. The van der Waals surface area contributed by atoms with Gasteiger partial charge in [0.25, 0.3) is 0 Å². The van der Waals surface area contributed by atoms with Gasteiger partial charge in [-0.05, 0) is 41.1 Å². The van der Waals surface area contributed by atoms with E-state index in [0.29, 0.717) is 11.7 Å². The zero-order valence-electron chi connectivity index (χ0n) is 8.83. The molecular formula is C11H16BrN3. The minimum absolute atomic E-state index is 0.556. The second kappa shape index (κ2) is 4.39. The molecule has 1 aromatic rings. The Hall–Kier alpha value is -0.770. The average Bonchev–Trinajstić information content (AvgIpc) is 2.58. The molecule has 0 amide bonds. The van der Waals surface area contributed by atoms with Gasteiger partial charge in [-0.1, -0.05) is 6.92 Å². The Kier molecular flexibility index (Phi) is 3.14. The van der Waals surface area contributed by atoms with E-state index >= 15 is 0 Å². The van der Waals surface area contributed by atoms with Crippen LogP contribution in [0.2, 0.25) is 0 Å². The lowest BCUT2D eigenvalue weighted by Crippen LogP contribution is -2.16. The number of aromatic nitrogens is 1. The maximum absolute atomic E-state index is 5.88. The van der Waals surface area contributed by atoms with Gasteiger partial charge in [0, 0.05) is 12.2 Å². The molecule has 0 aromatic carbocycles. The van der Waals surface area contributed by atoms with E-state index < -0.39 is 0 Å². The van der Waals surface area contributed by atoms with Crippen molar-refractivity contribution in [3.8, 4) is 0 Å². The number of hydrogen-bond donors (Lipinski definition) is 2. The van der Waals surface area contributed by atoms with Crippen molar-refractivity contribution >= 4 is 27.3 Å². The predicted octanol–water partition coefficient (Wildman–Crippen LogP) is 3.03. The number of anilines is 2. The number of nitrogen functional groups attached to an aromatic ring is 1. The van der Waals surface area contributed by atoms with Crippen molar-refractivity contribution in [3.05, 3.63) is 16.9 Å². The van der Waals surface area contributed by atoms with Crippen LogP contribution in [0.1, 0.15) is 26.2 Å². The lowest BCUT2D eigenvalue weighted by Gasteiger charge is -2.16. The first-order valence-electron chi connectivity index (χ1n) is 5.32. The van der Waals surface area contributed by atoms with Gasteiger partial charge in [0.1, 0.15) is 0 Å². The summed E-state index contributed by atoms with van der Waals surface area (Å²) in [5, 5.41) is 3.50. The summed E-state index contributed by atoms with van der Waals surface area (Å²) in [5.74, 6) is 0.823. The summed E-state index contributed by atoms with van der Waals surface area (Å²) in [7, 11) is 0. The van der Waals surface area contributed by atoms with Crippen molar-refractivity contribution in [2.75, 3.05) is 11.1 Å². The van der Waals surface area contributed by atoms with Crippen LogP contribution < -0.4 is 11.1 Å². The number of nitrogens with zero attached hydrogens (tertiary/aromatic N) is 1.